The molecule has 0 spiro atoms. The maximum Gasteiger partial charge on any atom is 0.503 e. The van der Waals surface area contributed by atoms with E-state index in [0.717, 1.165) is 68.2 Å². The molecule has 0 aromatic heterocycles. The lowest BCUT2D eigenvalue weighted by molar-refractivity contribution is 0.104. The Kier molecular flexibility index (Phi) is 8.49. The molecule has 38 heavy (non-hydrogen) atoms. The summed E-state index contributed by atoms with van der Waals surface area (Å²) >= 11 is 2.21. The van der Waals surface area contributed by atoms with E-state index in [9.17, 15) is 9.36 Å². The molecule has 4 nitrogen and oxygen atoms in total. The van der Waals surface area contributed by atoms with Gasteiger partial charge in [-0.15, -0.1) is 0 Å². The van der Waals surface area contributed by atoms with E-state index in [2.05, 4.69) is 88.4 Å². The van der Waals surface area contributed by atoms with Crippen molar-refractivity contribution in [2.45, 2.75) is 86.0 Å². The number of carbonyl (C=O) groups excluding carboxylic acids is 1. The highest BCUT2D eigenvalue weighted by Gasteiger charge is 2.44. The zero-order valence-electron chi connectivity index (χ0n) is 23.5. The van der Waals surface area contributed by atoms with Crippen molar-refractivity contribution in [1.29, 1.82) is 0 Å². The summed E-state index contributed by atoms with van der Waals surface area (Å²) in [6, 6.07) is 13.8. The van der Waals surface area contributed by atoms with Crippen molar-refractivity contribution in [2.75, 3.05) is 0 Å². The summed E-state index contributed by atoms with van der Waals surface area (Å²) < 4.78 is 28.6. The zero-order chi connectivity index (χ0) is 27.8. The predicted octanol–water partition coefficient (Wildman–Crippen LogP) is 9.64. The Morgan fingerprint density at radius 3 is 2.18 bits per heavy atom. The molecule has 0 fully saturated rings. The van der Waals surface area contributed by atoms with Crippen LogP contribution in [0.15, 0.2) is 42.5 Å². The van der Waals surface area contributed by atoms with E-state index < -0.39 is 13.1 Å². The van der Waals surface area contributed by atoms with Gasteiger partial charge in [-0.3, -0.25) is 4.79 Å². The number of rotatable bonds is 6. The van der Waals surface area contributed by atoms with E-state index in [1.165, 1.54) is 0 Å². The van der Waals surface area contributed by atoms with Crippen LogP contribution in [0.1, 0.15) is 96.3 Å². The molecule has 3 aromatic rings. The van der Waals surface area contributed by atoms with Crippen LogP contribution in [0.4, 0.5) is 0 Å². The van der Waals surface area contributed by atoms with E-state index in [4.69, 9.17) is 9.05 Å². The number of benzene rings is 3. The van der Waals surface area contributed by atoms with Gasteiger partial charge in [-0.25, -0.2) is 4.57 Å². The monoisotopic (exact) mass is 644 g/mol. The van der Waals surface area contributed by atoms with Gasteiger partial charge in [0.1, 0.15) is 11.5 Å². The molecular formula is C32H38IO4P. The van der Waals surface area contributed by atoms with Gasteiger partial charge in [-0.05, 0) is 102 Å². The average Bonchev–Trinajstić information content (AvgIpc) is 2.81. The normalized spacial score (nSPS) is 16.9. The molecule has 0 bridgehead atoms. The van der Waals surface area contributed by atoms with Crippen molar-refractivity contribution in [3.8, 4) is 11.5 Å². The lowest BCUT2D eigenvalue weighted by Gasteiger charge is -2.31. The van der Waals surface area contributed by atoms with Crippen LogP contribution >= 0.6 is 30.2 Å². The molecule has 6 heteroatoms. The highest BCUT2D eigenvalue weighted by atomic mass is 127. The highest BCUT2D eigenvalue weighted by Crippen LogP contribution is 2.57. The largest absolute Gasteiger partial charge is 0.503 e. The molecule has 0 aliphatic carbocycles. The number of hydrogen-bond donors (Lipinski definition) is 0. The van der Waals surface area contributed by atoms with Gasteiger partial charge < -0.3 is 9.05 Å². The van der Waals surface area contributed by atoms with Crippen molar-refractivity contribution < 1.29 is 18.4 Å². The van der Waals surface area contributed by atoms with Crippen LogP contribution in [-0.2, 0) is 22.8 Å². The van der Waals surface area contributed by atoms with Crippen LogP contribution in [0.25, 0.3) is 0 Å². The minimum Gasteiger partial charge on any atom is -0.410 e. The molecule has 0 N–H and O–H groups in total. The third kappa shape index (κ3) is 6.04. The zero-order valence-corrected chi connectivity index (χ0v) is 26.6. The molecule has 202 valence electrons. The molecule has 1 aliphatic heterocycles. The first-order valence-electron chi connectivity index (χ1n) is 13.4. The Morgan fingerprint density at radius 1 is 0.921 bits per heavy atom. The Bertz CT molecular complexity index is 1430. The molecule has 3 aromatic carbocycles. The molecule has 1 unspecified atom stereocenters. The summed E-state index contributed by atoms with van der Waals surface area (Å²) in [6.07, 6.45) is 4.56. The second-order valence-electron chi connectivity index (χ2n) is 11.5. The second kappa shape index (κ2) is 11.2. The first kappa shape index (κ1) is 28.9. The fraction of sp³-hybridized carbons (Fsp3) is 0.406. The minimum atomic E-state index is -4.34. The van der Waals surface area contributed by atoms with Crippen LogP contribution in [0.2, 0.25) is 0 Å². The van der Waals surface area contributed by atoms with Crippen molar-refractivity contribution in [3.05, 3.63) is 90.5 Å². The molecule has 0 saturated carbocycles. The van der Waals surface area contributed by atoms with Crippen molar-refractivity contribution in [3.63, 3.8) is 0 Å². The van der Waals surface area contributed by atoms with Gasteiger partial charge in [0, 0.05) is 21.1 Å². The van der Waals surface area contributed by atoms with Gasteiger partial charge >= 0.3 is 7.60 Å². The van der Waals surface area contributed by atoms with Crippen molar-refractivity contribution in [2.24, 2.45) is 0 Å². The van der Waals surface area contributed by atoms with Gasteiger partial charge in [0.15, 0.2) is 0 Å². The summed E-state index contributed by atoms with van der Waals surface area (Å²) in [5.41, 5.74) is 6.22. The molecular weight excluding hydrogens is 606 g/mol. The SMILES string of the molecule is CCCCCc1cc(C)cc2c1OP(=O)(C(=O)c1ccc(I)cc1C)Oc1c(cc(C)cc1C(C)(C)C)C2. The van der Waals surface area contributed by atoms with Crippen LogP contribution in [0.3, 0.4) is 0 Å². The summed E-state index contributed by atoms with van der Waals surface area (Å²) in [4.78, 5) is 14.1. The molecule has 1 atom stereocenters. The Hall–Kier alpha value is -2.11. The van der Waals surface area contributed by atoms with Crippen molar-refractivity contribution in [1.82, 2.24) is 0 Å². The number of fused-ring (bicyclic) bond motifs is 2. The number of carbonyl (C=O) groups is 1. The third-order valence-corrected chi connectivity index (χ3v) is 9.28. The number of hydrogen-bond acceptors (Lipinski definition) is 4. The van der Waals surface area contributed by atoms with E-state index in [-0.39, 0.29) is 5.41 Å². The molecule has 0 radical (unpaired) electrons. The van der Waals surface area contributed by atoms with Gasteiger partial charge in [-0.1, -0.05) is 75.9 Å². The maximum absolute atomic E-state index is 14.8. The number of unbranched alkanes of at least 4 members (excludes halogenated alkanes) is 2. The third-order valence-electron chi connectivity index (χ3n) is 7.03. The van der Waals surface area contributed by atoms with Crippen LogP contribution in [0, 0.1) is 24.3 Å². The summed E-state index contributed by atoms with van der Waals surface area (Å²) in [6.45, 7) is 14.5. The van der Waals surface area contributed by atoms with Gasteiger partial charge in [0.25, 0.3) is 5.52 Å². The number of aryl methyl sites for hydroxylation is 4. The molecule has 0 amide bonds. The fourth-order valence-electron chi connectivity index (χ4n) is 5.13. The van der Waals surface area contributed by atoms with E-state index in [1.54, 1.807) is 6.07 Å². The molecule has 1 heterocycles. The van der Waals surface area contributed by atoms with Gasteiger partial charge in [0.2, 0.25) is 0 Å². The van der Waals surface area contributed by atoms with E-state index >= 15 is 0 Å². The minimum absolute atomic E-state index is 0.289. The van der Waals surface area contributed by atoms with Gasteiger partial charge in [0.05, 0.1) is 0 Å². The number of halogens is 1. The first-order valence-corrected chi connectivity index (χ1v) is 16.0. The van der Waals surface area contributed by atoms with E-state index in [0.29, 0.717) is 23.5 Å². The Balaban J connectivity index is 1.98. The summed E-state index contributed by atoms with van der Waals surface area (Å²) in [5, 5.41) is 0. The predicted molar refractivity (Wildman–Crippen MR) is 164 cm³/mol. The Morgan fingerprint density at radius 2 is 1.55 bits per heavy atom. The lowest BCUT2D eigenvalue weighted by Crippen LogP contribution is -2.21. The average molecular weight is 645 g/mol. The summed E-state index contributed by atoms with van der Waals surface area (Å²) in [7, 11) is -4.34. The molecule has 1 aliphatic rings. The van der Waals surface area contributed by atoms with Crippen molar-refractivity contribution >= 4 is 35.7 Å². The van der Waals surface area contributed by atoms with Crippen LogP contribution in [-0.4, -0.2) is 5.52 Å². The van der Waals surface area contributed by atoms with E-state index in [1.807, 2.05) is 19.1 Å². The molecule has 0 saturated heterocycles. The fourth-order valence-corrected chi connectivity index (χ4v) is 7.46. The first-order chi connectivity index (χ1) is 17.8. The highest BCUT2D eigenvalue weighted by molar-refractivity contribution is 14.1. The van der Waals surface area contributed by atoms with Crippen LogP contribution in [0.5, 0.6) is 11.5 Å². The van der Waals surface area contributed by atoms with Crippen LogP contribution < -0.4 is 9.05 Å². The quantitative estimate of drug-likeness (QED) is 0.152. The topological polar surface area (TPSA) is 52.6 Å². The smallest absolute Gasteiger partial charge is 0.410 e. The summed E-state index contributed by atoms with van der Waals surface area (Å²) in [5.74, 6) is 1.04. The lowest BCUT2D eigenvalue weighted by atomic mass is 9.83. The Labute approximate surface area is 241 Å². The molecule has 4 rings (SSSR count). The second-order valence-corrected chi connectivity index (χ2v) is 14.6. The standard InChI is InChI=1S/C32H38IO4P/c1-8-9-10-11-23-14-20(2)15-24-19-25-16-21(3)17-28(32(5,6)7)30(25)37-38(35,36-29(23)24)31(34)27-13-12-26(33)18-22(27)4/h12-18H,8-11,19H2,1-7H3. The maximum atomic E-state index is 14.8. The van der Waals surface area contributed by atoms with Gasteiger partial charge in [-0.2, -0.15) is 0 Å².